The van der Waals surface area contributed by atoms with E-state index in [4.69, 9.17) is 5.11 Å². The third-order valence-electron chi connectivity index (χ3n) is 2.80. The van der Waals surface area contributed by atoms with Gasteiger partial charge in [0.1, 0.15) is 11.9 Å². The summed E-state index contributed by atoms with van der Waals surface area (Å²) in [7, 11) is 0. The van der Waals surface area contributed by atoms with Gasteiger partial charge in [-0.05, 0) is 24.6 Å². The monoisotopic (exact) mass is 244 g/mol. The van der Waals surface area contributed by atoms with E-state index < -0.39 is 12.0 Å². The van der Waals surface area contributed by atoms with E-state index >= 15 is 0 Å². The van der Waals surface area contributed by atoms with Crippen LogP contribution in [0.25, 0.3) is 10.9 Å². The topological polar surface area (TPSA) is 62.2 Å². The molecule has 0 aliphatic heterocycles. The molecule has 0 aliphatic carbocycles. The van der Waals surface area contributed by atoms with Crippen LogP contribution in [0.1, 0.15) is 19.8 Å². The Morgan fingerprint density at radius 1 is 1.33 bits per heavy atom. The lowest BCUT2D eigenvalue weighted by molar-refractivity contribution is -0.138. The maximum atomic E-state index is 11.1. The molecular weight excluding hydrogens is 228 g/mol. The van der Waals surface area contributed by atoms with Gasteiger partial charge in [-0.1, -0.05) is 31.5 Å². The van der Waals surface area contributed by atoms with Gasteiger partial charge in [0.2, 0.25) is 0 Å². The lowest BCUT2D eigenvalue weighted by Crippen LogP contribution is -2.29. The second-order valence-electron chi connectivity index (χ2n) is 4.21. The molecule has 0 saturated heterocycles. The molecule has 1 unspecified atom stereocenters. The minimum atomic E-state index is -0.841. The van der Waals surface area contributed by atoms with Crippen molar-refractivity contribution < 1.29 is 9.90 Å². The molecule has 1 aromatic heterocycles. The first-order valence-electron chi connectivity index (χ1n) is 6.06. The van der Waals surface area contributed by atoms with Crippen LogP contribution < -0.4 is 5.32 Å². The first kappa shape index (κ1) is 12.4. The molecule has 0 amide bonds. The molecule has 4 nitrogen and oxygen atoms in total. The zero-order chi connectivity index (χ0) is 13.0. The third kappa shape index (κ3) is 2.77. The number of carboxylic acids is 1. The zero-order valence-electron chi connectivity index (χ0n) is 10.3. The second-order valence-corrected chi connectivity index (χ2v) is 4.21. The smallest absolute Gasteiger partial charge is 0.326 e. The number of aromatic nitrogens is 1. The van der Waals surface area contributed by atoms with Crippen LogP contribution in [0.5, 0.6) is 0 Å². The molecule has 2 N–H and O–H groups in total. The van der Waals surface area contributed by atoms with Gasteiger partial charge < -0.3 is 10.4 Å². The fourth-order valence-corrected chi connectivity index (χ4v) is 1.87. The molecule has 18 heavy (non-hydrogen) atoms. The SMILES string of the molecule is CCCC(Nc1ccc2ccccc2n1)C(=O)O. The number of aliphatic carboxylic acids is 1. The van der Waals surface area contributed by atoms with Crippen molar-refractivity contribution in [2.24, 2.45) is 0 Å². The number of para-hydroxylation sites is 1. The Kier molecular flexibility index (Phi) is 3.77. The van der Waals surface area contributed by atoms with Crippen LogP contribution in [-0.2, 0) is 4.79 Å². The number of carbonyl (C=O) groups is 1. The summed E-state index contributed by atoms with van der Waals surface area (Å²) in [5.74, 6) is -0.235. The lowest BCUT2D eigenvalue weighted by atomic mass is 10.1. The van der Waals surface area contributed by atoms with E-state index in [1.807, 2.05) is 43.3 Å². The van der Waals surface area contributed by atoms with Crippen molar-refractivity contribution in [3.63, 3.8) is 0 Å². The Morgan fingerprint density at radius 2 is 2.11 bits per heavy atom. The molecule has 0 saturated carbocycles. The van der Waals surface area contributed by atoms with Gasteiger partial charge in [0.05, 0.1) is 5.52 Å². The Hall–Kier alpha value is -2.10. The van der Waals surface area contributed by atoms with Crippen LogP contribution in [0.4, 0.5) is 5.82 Å². The van der Waals surface area contributed by atoms with Crippen molar-refractivity contribution in [1.82, 2.24) is 4.98 Å². The van der Waals surface area contributed by atoms with Gasteiger partial charge in [-0.3, -0.25) is 0 Å². The minimum absolute atomic E-state index is 0.580. The number of nitrogens with one attached hydrogen (secondary N) is 1. The molecule has 1 aromatic carbocycles. The number of hydrogen-bond acceptors (Lipinski definition) is 3. The molecule has 2 rings (SSSR count). The maximum absolute atomic E-state index is 11.1. The fraction of sp³-hybridized carbons (Fsp3) is 0.286. The Morgan fingerprint density at radius 3 is 2.83 bits per heavy atom. The van der Waals surface area contributed by atoms with Gasteiger partial charge in [-0.25, -0.2) is 9.78 Å². The number of benzene rings is 1. The number of nitrogens with zero attached hydrogens (tertiary/aromatic N) is 1. The van der Waals surface area contributed by atoms with Gasteiger partial charge >= 0.3 is 5.97 Å². The average Bonchev–Trinajstić information content (AvgIpc) is 2.38. The Labute approximate surface area is 106 Å². The van der Waals surface area contributed by atoms with Crippen molar-refractivity contribution in [3.05, 3.63) is 36.4 Å². The predicted octanol–water partition coefficient (Wildman–Crippen LogP) is 2.90. The summed E-state index contributed by atoms with van der Waals surface area (Å²) in [6.45, 7) is 1.96. The Bertz CT molecular complexity index is 554. The van der Waals surface area contributed by atoms with E-state index in [2.05, 4.69) is 10.3 Å². The molecule has 0 spiro atoms. The van der Waals surface area contributed by atoms with Crippen molar-refractivity contribution in [2.45, 2.75) is 25.8 Å². The van der Waals surface area contributed by atoms with E-state index in [9.17, 15) is 4.79 Å². The summed E-state index contributed by atoms with van der Waals surface area (Å²) in [5.41, 5.74) is 0.864. The standard InChI is InChI=1S/C14H16N2O2/c1-2-5-12(14(17)18)16-13-9-8-10-6-3-4-7-11(10)15-13/h3-4,6-9,12H,2,5H2,1H3,(H,15,16)(H,17,18). The van der Waals surface area contributed by atoms with Crippen molar-refractivity contribution in [2.75, 3.05) is 5.32 Å². The molecule has 0 aliphatic rings. The first-order chi connectivity index (χ1) is 8.70. The number of fused-ring (bicyclic) bond motifs is 1. The Balaban J connectivity index is 2.22. The summed E-state index contributed by atoms with van der Waals surface area (Å²) in [4.78, 5) is 15.5. The average molecular weight is 244 g/mol. The predicted molar refractivity (Wildman–Crippen MR) is 71.7 cm³/mol. The highest BCUT2D eigenvalue weighted by Gasteiger charge is 2.16. The molecule has 0 fully saturated rings. The number of hydrogen-bond donors (Lipinski definition) is 2. The summed E-state index contributed by atoms with van der Waals surface area (Å²) >= 11 is 0. The van der Waals surface area contributed by atoms with E-state index in [1.165, 1.54) is 0 Å². The van der Waals surface area contributed by atoms with E-state index in [0.717, 1.165) is 17.3 Å². The van der Waals surface area contributed by atoms with Gasteiger partial charge in [0.15, 0.2) is 0 Å². The first-order valence-corrected chi connectivity index (χ1v) is 6.06. The maximum Gasteiger partial charge on any atom is 0.326 e. The highest BCUT2D eigenvalue weighted by Crippen LogP contribution is 2.16. The molecular formula is C14H16N2O2. The quantitative estimate of drug-likeness (QED) is 0.849. The van der Waals surface area contributed by atoms with Crippen LogP contribution in [0.3, 0.4) is 0 Å². The molecule has 1 atom stereocenters. The molecule has 0 bridgehead atoms. The zero-order valence-corrected chi connectivity index (χ0v) is 10.3. The summed E-state index contributed by atoms with van der Waals surface area (Å²) < 4.78 is 0. The van der Waals surface area contributed by atoms with Gasteiger partial charge in [-0.2, -0.15) is 0 Å². The lowest BCUT2D eigenvalue weighted by Gasteiger charge is -2.14. The van der Waals surface area contributed by atoms with Crippen LogP contribution in [0.15, 0.2) is 36.4 Å². The second kappa shape index (κ2) is 5.49. The number of pyridine rings is 1. The van der Waals surface area contributed by atoms with Crippen LogP contribution in [0, 0.1) is 0 Å². The third-order valence-corrected chi connectivity index (χ3v) is 2.80. The fourth-order valence-electron chi connectivity index (χ4n) is 1.87. The van der Waals surface area contributed by atoms with Gasteiger partial charge in [0, 0.05) is 5.39 Å². The number of carboxylic acid groups (broad SMARTS) is 1. The van der Waals surface area contributed by atoms with Crippen LogP contribution in [0.2, 0.25) is 0 Å². The molecule has 4 heteroatoms. The normalized spacial score (nSPS) is 12.3. The number of rotatable bonds is 5. The summed E-state index contributed by atoms with van der Waals surface area (Å²) in [6.07, 6.45) is 1.40. The molecule has 2 aromatic rings. The van der Waals surface area contributed by atoms with Gasteiger partial charge in [0.25, 0.3) is 0 Å². The molecule has 0 radical (unpaired) electrons. The highest BCUT2D eigenvalue weighted by atomic mass is 16.4. The summed E-state index contributed by atoms with van der Waals surface area (Å²) in [5, 5.41) is 13.1. The minimum Gasteiger partial charge on any atom is -0.480 e. The van der Waals surface area contributed by atoms with Crippen LogP contribution in [-0.4, -0.2) is 22.1 Å². The number of anilines is 1. The molecule has 1 heterocycles. The van der Waals surface area contributed by atoms with E-state index in [1.54, 1.807) is 0 Å². The highest BCUT2D eigenvalue weighted by molar-refractivity contribution is 5.81. The van der Waals surface area contributed by atoms with Crippen molar-refractivity contribution in [1.29, 1.82) is 0 Å². The summed E-state index contributed by atoms with van der Waals surface area (Å²) in [6, 6.07) is 10.9. The van der Waals surface area contributed by atoms with Gasteiger partial charge in [-0.15, -0.1) is 0 Å². The van der Waals surface area contributed by atoms with Crippen LogP contribution >= 0.6 is 0 Å². The van der Waals surface area contributed by atoms with E-state index in [0.29, 0.717) is 12.2 Å². The largest absolute Gasteiger partial charge is 0.480 e. The van der Waals surface area contributed by atoms with Crippen molar-refractivity contribution in [3.8, 4) is 0 Å². The molecule has 94 valence electrons. The van der Waals surface area contributed by atoms with Crippen molar-refractivity contribution >= 4 is 22.7 Å². The van der Waals surface area contributed by atoms with E-state index in [-0.39, 0.29) is 0 Å².